The van der Waals surface area contributed by atoms with Gasteiger partial charge in [-0.25, -0.2) is 0 Å². The fourth-order valence-electron chi connectivity index (χ4n) is 2.02. The Balaban J connectivity index is 1.97. The zero-order chi connectivity index (χ0) is 9.26. The van der Waals surface area contributed by atoms with Gasteiger partial charge in [-0.2, -0.15) is 0 Å². The zero-order valence-electron chi connectivity index (χ0n) is 8.05. The van der Waals surface area contributed by atoms with E-state index in [1.165, 1.54) is 5.57 Å². The van der Waals surface area contributed by atoms with Crippen molar-refractivity contribution in [3.63, 3.8) is 0 Å². The molecule has 72 valence electrons. The van der Waals surface area contributed by atoms with Crippen LogP contribution in [0, 0.1) is 5.92 Å². The fraction of sp³-hybridized carbons (Fsp3) is 0.700. The third-order valence-corrected chi connectivity index (χ3v) is 2.95. The number of nitrogens with zero attached hydrogens (tertiary/aromatic N) is 1. The monoisotopic (exact) mass is 180 g/mol. The largest absolute Gasteiger partial charge is 0.355 e. The Labute approximate surface area is 78.8 Å². The number of carbonyl (C=O) groups excluding carboxylic acids is 1. The Morgan fingerprint density at radius 1 is 1.62 bits per heavy atom. The van der Waals surface area contributed by atoms with Crippen LogP contribution in [-0.2, 0) is 4.79 Å². The molecular weight excluding hydrogens is 164 g/mol. The van der Waals surface area contributed by atoms with Gasteiger partial charge in [0.1, 0.15) is 0 Å². The van der Waals surface area contributed by atoms with Crippen molar-refractivity contribution in [1.82, 2.24) is 10.2 Å². The molecule has 0 bridgehead atoms. The summed E-state index contributed by atoms with van der Waals surface area (Å²) in [5.74, 6) is 0.700. The van der Waals surface area contributed by atoms with Crippen molar-refractivity contribution < 1.29 is 4.79 Å². The second-order valence-corrected chi connectivity index (χ2v) is 4.00. The van der Waals surface area contributed by atoms with E-state index >= 15 is 0 Å². The summed E-state index contributed by atoms with van der Waals surface area (Å²) in [5, 5.41) is 2.88. The van der Waals surface area contributed by atoms with Crippen LogP contribution in [0.5, 0.6) is 0 Å². The van der Waals surface area contributed by atoms with Gasteiger partial charge in [0.25, 0.3) is 0 Å². The van der Waals surface area contributed by atoms with Gasteiger partial charge in [-0.15, -0.1) is 0 Å². The maximum Gasteiger partial charge on any atom is 0.220 e. The summed E-state index contributed by atoms with van der Waals surface area (Å²) < 4.78 is 0. The first-order chi connectivity index (χ1) is 6.25. The summed E-state index contributed by atoms with van der Waals surface area (Å²) in [5.41, 5.74) is 1.48. The smallest absolute Gasteiger partial charge is 0.220 e. The summed E-state index contributed by atoms with van der Waals surface area (Å²) in [6, 6.07) is 0. The van der Waals surface area contributed by atoms with Crippen molar-refractivity contribution in [2.75, 3.05) is 26.7 Å². The molecule has 2 aliphatic rings. The lowest BCUT2D eigenvalue weighted by molar-refractivity contribution is -0.119. The molecule has 0 aliphatic carbocycles. The van der Waals surface area contributed by atoms with Crippen molar-refractivity contribution in [3.05, 3.63) is 11.6 Å². The summed E-state index contributed by atoms with van der Waals surface area (Å²) >= 11 is 0. The van der Waals surface area contributed by atoms with Crippen LogP contribution in [0.25, 0.3) is 0 Å². The highest BCUT2D eigenvalue weighted by Gasteiger charge is 2.25. The average molecular weight is 180 g/mol. The molecule has 0 aromatic carbocycles. The van der Waals surface area contributed by atoms with Crippen LogP contribution in [0.2, 0.25) is 0 Å². The zero-order valence-corrected chi connectivity index (χ0v) is 8.05. The van der Waals surface area contributed by atoms with Gasteiger partial charge < -0.3 is 10.2 Å². The SMILES string of the molecule is CN1CC=C([C@@H]2CNC(=O)C2)CC1. The number of likely N-dealkylation sites (N-methyl/N-ethyl adjacent to an activating group) is 1. The Morgan fingerprint density at radius 2 is 2.46 bits per heavy atom. The quantitative estimate of drug-likeness (QED) is 0.592. The predicted octanol–water partition coefficient (Wildman–Crippen LogP) is 0.384. The molecule has 0 saturated carbocycles. The Morgan fingerprint density at radius 3 is 3.00 bits per heavy atom. The molecule has 0 spiro atoms. The molecule has 13 heavy (non-hydrogen) atoms. The third kappa shape index (κ3) is 1.91. The lowest BCUT2D eigenvalue weighted by Crippen LogP contribution is -2.26. The van der Waals surface area contributed by atoms with Crippen molar-refractivity contribution >= 4 is 5.91 Å². The molecule has 0 aromatic rings. The van der Waals surface area contributed by atoms with Gasteiger partial charge >= 0.3 is 0 Å². The van der Waals surface area contributed by atoms with Gasteiger partial charge in [-0.3, -0.25) is 4.79 Å². The van der Waals surface area contributed by atoms with E-state index in [1.807, 2.05) is 0 Å². The number of carbonyl (C=O) groups is 1. The van der Waals surface area contributed by atoms with E-state index in [2.05, 4.69) is 23.3 Å². The molecule has 1 N–H and O–H groups in total. The van der Waals surface area contributed by atoms with Crippen molar-refractivity contribution in [1.29, 1.82) is 0 Å². The Kier molecular flexibility index (Phi) is 2.36. The van der Waals surface area contributed by atoms with Crippen molar-refractivity contribution in [2.24, 2.45) is 5.92 Å². The minimum absolute atomic E-state index is 0.213. The van der Waals surface area contributed by atoms with Gasteiger partial charge in [0.05, 0.1) is 0 Å². The maximum absolute atomic E-state index is 11.0. The van der Waals surface area contributed by atoms with Gasteiger partial charge in [0, 0.05) is 32.0 Å². The molecule has 1 saturated heterocycles. The molecule has 3 heteroatoms. The van der Waals surface area contributed by atoms with Gasteiger partial charge in [0.15, 0.2) is 0 Å². The van der Waals surface area contributed by atoms with E-state index in [4.69, 9.17) is 0 Å². The molecule has 0 radical (unpaired) electrons. The molecule has 2 heterocycles. The van der Waals surface area contributed by atoms with E-state index in [1.54, 1.807) is 0 Å². The van der Waals surface area contributed by atoms with Crippen LogP contribution in [0.3, 0.4) is 0 Å². The van der Waals surface area contributed by atoms with Crippen molar-refractivity contribution in [3.8, 4) is 0 Å². The topological polar surface area (TPSA) is 32.3 Å². The highest BCUT2D eigenvalue weighted by molar-refractivity contribution is 5.78. The molecule has 0 aromatic heterocycles. The highest BCUT2D eigenvalue weighted by atomic mass is 16.1. The van der Waals surface area contributed by atoms with Crippen LogP contribution in [0.4, 0.5) is 0 Å². The number of amides is 1. The van der Waals surface area contributed by atoms with Gasteiger partial charge in [0.2, 0.25) is 5.91 Å². The molecular formula is C10H16N2O. The van der Waals surface area contributed by atoms with Crippen LogP contribution in [-0.4, -0.2) is 37.5 Å². The lowest BCUT2D eigenvalue weighted by atomic mass is 9.93. The predicted molar refractivity (Wildman–Crippen MR) is 51.3 cm³/mol. The molecule has 2 rings (SSSR count). The average Bonchev–Trinajstić information content (AvgIpc) is 2.53. The Hall–Kier alpha value is -0.830. The molecule has 1 amide bonds. The minimum atomic E-state index is 0.213. The summed E-state index contributed by atoms with van der Waals surface area (Å²) in [4.78, 5) is 13.3. The normalized spacial score (nSPS) is 30.1. The number of hydrogen-bond acceptors (Lipinski definition) is 2. The standard InChI is InChI=1S/C10H16N2O/c1-12-4-2-8(3-5-12)9-6-10(13)11-7-9/h2,9H,3-7H2,1H3,(H,11,13)/t9-/m0/s1. The van der Waals surface area contributed by atoms with Crippen LogP contribution in [0.1, 0.15) is 12.8 Å². The summed E-state index contributed by atoms with van der Waals surface area (Å²) in [7, 11) is 2.13. The number of rotatable bonds is 1. The fourth-order valence-corrected chi connectivity index (χ4v) is 2.02. The first-order valence-corrected chi connectivity index (χ1v) is 4.90. The van der Waals surface area contributed by atoms with E-state index in [-0.39, 0.29) is 5.91 Å². The highest BCUT2D eigenvalue weighted by Crippen LogP contribution is 2.24. The number of hydrogen-bond donors (Lipinski definition) is 1. The molecule has 0 unspecified atom stereocenters. The first kappa shape index (κ1) is 8.75. The van der Waals surface area contributed by atoms with E-state index in [0.29, 0.717) is 12.3 Å². The Bertz CT molecular complexity index is 247. The van der Waals surface area contributed by atoms with Crippen LogP contribution < -0.4 is 5.32 Å². The number of nitrogens with one attached hydrogen (secondary N) is 1. The minimum Gasteiger partial charge on any atom is -0.355 e. The van der Waals surface area contributed by atoms with Crippen molar-refractivity contribution in [2.45, 2.75) is 12.8 Å². The lowest BCUT2D eigenvalue weighted by Gasteiger charge is -2.24. The van der Waals surface area contributed by atoms with Gasteiger partial charge in [-0.05, 0) is 13.5 Å². The maximum atomic E-state index is 11.0. The third-order valence-electron chi connectivity index (χ3n) is 2.95. The van der Waals surface area contributed by atoms with Gasteiger partial charge in [-0.1, -0.05) is 11.6 Å². The summed E-state index contributed by atoms with van der Waals surface area (Å²) in [6.45, 7) is 3.03. The van der Waals surface area contributed by atoms with E-state index < -0.39 is 0 Å². The van der Waals surface area contributed by atoms with Crippen LogP contribution in [0.15, 0.2) is 11.6 Å². The second-order valence-electron chi connectivity index (χ2n) is 4.00. The molecule has 1 fully saturated rings. The first-order valence-electron chi connectivity index (χ1n) is 4.90. The summed E-state index contributed by atoms with van der Waals surface area (Å²) in [6.07, 6.45) is 4.13. The van der Waals surface area contributed by atoms with Crippen LogP contribution >= 0.6 is 0 Å². The second kappa shape index (κ2) is 3.50. The molecule has 2 aliphatic heterocycles. The molecule has 3 nitrogen and oxygen atoms in total. The van der Waals surface area contributed by atoms with E-state index in [0.717, 1.165) is 26.1 Å². The molecule has 1 atom stereocenters. The van der Waals surface area contributed by atoms with E-state index in [9.17, 15) is 4.79 Å².